The SMILES string of the molecule is O=C(Nc1nn(Cc2ccccc2Cl)cc1Br)c1ccn(Cn2cc(Br)cn2)n1. The highest BCUT2D eigenvalue weighted by atomic mass is 79.9. The van der Waals surface area contributed by atoms with Gasteiger partial charge in [-0.05, 0) is 49.6 Å². The number of anilines is 1. The average Bonchev–Trinajstić information content (AvgIpc) is 3.39. The van der Waals surface area contributed by atoms with Gasteiger partial charge < -0.3 is 5.32 Å². The van der Waals surface area contributed by atoms with Gasteiger partial charge in [-0.2, -0.15) is 15.3 Å². The van der Waals surface area contributed by atoms with E-state index >= 15 is 0 Å². The van der Waals surface area contributed by atoms with Crippen LogP contribution in [0.2, 0.25) is 5.02 Å². The summed E-state index contributed by atoms with van der Waals surface area (Å²) in [6.07, 6.45) is 7.01. The van der Waals surface area contributed by atoms with Crippen molar-refractivity contribution in [1.82, 2.24) is 29.3 Å². The van der Waals surface area contributed by atoms with Gasteiger partial charge in [0.25, 0.3) is 5.91 Å². The summed E-state index contributed by atoms with van der Waals surface area (Å²) < 4.78 is 6.57. The molecule has 1 amide bonds. The molecule has 0 aliphatic carbocycles. The van der Waals surface area contributed by atoms with Crippen molar-refractivity contribution >= 4 is 55.2 Å². The Morgan fingerprint density at radius 1 is 1.07 bits per heavy atom. The normalized spacial score (nSPS) is 11.0. The second kappa shape index (κ2) is 8.52. The standard InChI is InChI=1S/C18H14Br2ClN7O/c19-13-7-22-28(9-13)11-26-6-5-16(24-26)18(29)23-17-14(20)10-27(25-17)8-12-3-1-2-4-15(12)21/h1-7,9-10H,8,11H2,(H,23,25,29). The van der Waals surface area contributed by atoms with Crippen molar-refractivity contribution in [2.45, 2.75) is 13.2 Å². The van der Waals surface area contributed by atoms with Crippen molar-refractivity contribution in [3.8, 4) is 0 Å². The number of carbonyl (C=O) groups is 1. The molecule has 0 radical (unpaired) electrons. The number of hydrogen-bond donors (Lipinski definition) is 1. The Bertz CT molecular complexity index is 1170. The van der Waals surface area contributed by atoms with E-state index in [2.05, 4.69) is 52.5 Å². The number of hydrogen-bond acceptors (Lipinski definition) is 4. The monoisotopic (exact) mass is 537 g/mol. The van der Waals surface area contributed by atoms with Crippen molar-refractivity contribution in [3.05, 3.63) is 80.3 Å². The Hall–Kier alpha value is -2.43. The molecule has 0 aliphatic rings. The van der Waals surface area contributed by atoms with E-state index in [-0.39, 0.29) is 11.6 Å². The van der Waals surface area contributed by atoms with Gasteiger partial charge in [0.2, 0.25) is 0 Å². The summed E-state index contributed by atoms with van der Waals surface area (Å²) in [4.78, 5) is 12.5. The van der Waals surface area contributed by atoms with Crippen molar-refractivity contribution < 1.29 is 4.79 Å². The molecule has 0 bridgehead atoms. The number of nitrogens with zero attached hydrogens (tertiary/aromatic N) is 6. The topological polar surface area (TPSA) is 82.6 Å². The lowest BCUT2D eigenvalue weighted by atomic mass is 10.2. The lowest BCUT2D eigenvalue weighted by Gasteiger charge is -2.04. The number of benzene rings is 1. The first-order valence-corrected chi connectivity index (χ1v) is 10.4. The van der Waals surface area contributed by atoms with Crippen LogP contribution in [0, 0.1) is 0 Å². The van der Waals surface area contributed by atoms with E-state index in [0.29, 0.717) is 28.5 Å². The highest BCUT2D eigenvalue weighted by molar-refractivity contribution is 9.10. The molecule has 3 aromatic heterocycles. The number of amides is 1. The molecule has 0 saturated carbocycles. The fourth-order valence-electron chi connectivity index (χ4n) is 2.66. The van der Waals surface area contributed by atoms with Gasteiger partial charge >= 0.3 is 0 Å². The van der Waals surface area contributed by atoms with Crippen molar-refractivity contribution in [3.63, 3.8) is 0 Å². The van der Waals surface area contributed by atoms with Gasteiger partial charge in [0, 0.05) is 23.6 Å². The summed E-state index contributed by atoms with van der Waals surface area (Å²) in [6, 6.07) is 9.20. The highest BCUT2D eigenvalue weighted by Crippen LogP contribution is 2.23. The lowest BCUT2D eigenvalue weighted by molar-refractivity contribution is 0.102. The van der Waals surface area contributed by atoms with Crippen LogP contribution in [0.4, 0.5) is 5.82 Å². The number of carbonyl (C=O) groups excluding carboxylic acids is 1. The fraction of sp³-hybridized carbons (Fsp3) is 0.111. The Kier molecular flexibility index (Phi) is 5.84. The first-order chi connectivity index (χ1) is 14.0. The molecule has 0 saturated heterocycles. The molecule has 11 heteroatoms. The third-order valence-corrected chi connectivity index (χ3v) is 5.36. The van der Waals surface area contributed by atoms with Gasteiger partial charge in [0.05, 0.1) is 21.7 Å². The van der Waals surface area contributed by atoms with E-state index in [1.54, 1.807) is 38.7 Å². The van der Waals surface area contributed by atoms with Gasteiger partial charge in [-0.3, -0.25) is 14.2 Å². The summed E-state index contributed by atoms with van der Waals surface area (Å²) in [7, 11) is 0. The third-order valence-electron chi connectivity index (χ3n) is 4.00. The molecular formula is C18H14Br2ClN7O. The van der Waals surface area contributed by atoms with E-state index in [0.717, 1.165) is 10.0 Å². The minimum atomic E-state index is -0.353. The van der Waals surface area contributed by atoms with Crippen molar-refractivity contribution in [1.29, 1.82) is 0 Å². The molecule has 4 aromatic rings. The van der Waals surface area contributed by atoms with Gasteiger partial charge in [-0.1, -0.05) is 29.8 Å². The maximum Gasteiger partial charge on any atom is 0.277 e. The fourth-order valence-corrected chi connectivity index (χ4v) is 3.60. The summed E-state index contributed by atoms with van der Waals surface area (Å²) in [5.41, 5.74) is 1.22. The smallest absolute Gasteiger partial charge is 0.277 e. The zero-order valence-electron chi connectivity index (χ0n) is 14.8. The molecule has 148 valence electrons. The summed E-state index contributed by atoms with van der Waals surface area (Å²) in [6.45, 7) is 0.886. The summed E-state index contributed by atoms with van der Waals surface area (Å²) in [5, 5.41) is 16.3. The molecule has 0 atom stereocenters. The van der Waals surface area contributed by atoms with E-state index in [1.807, 2.05) is 30.5 Å². The predicted molar refractivity (Wildman–Crippen MR) is 116 cm³/mol. The predicted octanol–water partition coefficient (Wildman–Crippen LogP) is 4.26. The molecule has 8 nitrogen and oxygen atoms in total. The van der Waals surface area contributed by atoms with Gasteiger partial charge in [-0.15, -0.1) is 0 Å². The number of halogens is 3. The first-order valence-electron chi connectivity index (χ1n) is 8.47. The van der Waals surface area contributed by atoms with Crippen molar-refractivity contribution in [2.75, 3.05) is 5.32 Å². The molecule has 1 N–H and O–H groups in total. The Labute approximate surface area is 187 Å². The van der Waals surface area contributed by atoms with Crippen LogP contribution in [0.5, 0.6) is 0 Å². The van der Waals surface area contributed by atoms with Crippen LogP contribution in [-0.2, 0) is 13.2 Å². The van der Waals surface area contributed by atoms with Crippen LogP contribution < -0.4 is 5.32 Å². The van der Waals surface area contributed by atoms with E-state index < -0.39 is 0 Å². The van der Waals surface area contributed by atoms with Crippen molar-refractivity contribution in [2.24, 2.45) is 0 Å². The minimum Gasteiger partial charge on any atom is -0.303 e. The van der Waals surface area contributed by atoms with Gasteiger partial charge in [0.1, 0.15) is 6.67 Å². The average molecular weight is 540 g/mol. The van der Waals surface area contributed by atoms with Crippen LogP contribution in [-0.4, -0.2) is 35.2 Å². The molecule has 29 heavy (non-hydrogen) atoms. The van der Waals surface area contributed by atoms with Crippen LogP contribution >= 0.6 is 43.5 Å². The maximum atomic E-state index is 12.5. The van der Waals surface area contributed by atoms with E-state index in [4.69, 9.17) is 11.6 Å². The largest absolute Gasteiger partial charge is 0.303 e. The molecule has 0 aliphatic heterocycles. The lowest BCUT2D eigenvalue weighted by Crippen LogP contribution is -2.15. The maximum absolute atomic E-state index is 12.5. The van der Waals surface area contributed by atoms with E-state index in [9.17, 15) is 4.79 Å². The van der Waals surface area contributed by atoms with Crippen LogP contribution in [0.3, 0.4) is 0 Å². The minimum absolute atomic E-state index is 0.281. The molecule has 0 unspecified atom stereocenters. The highest BCUT2D eigenvalue weighted by Gasteiger charge is 2.15. The van der Waals surface area contributed by atoms with Crippen LogP contribution in [0.15, 0.2) is 64.1 Å². The summed E-state index contributed by atoms with van der Waals surface area (Å²) in [5.74, 6) is 0.0571. The molecule has 0 spiro atoms. The zero-order valence-corrected chi connectivity index (χ0v) is 18.8. The Balaban J connectivity index is 1.43. The van der Waals surface area contributed by atoms with Gasteiger partial charge in [0.15, 0.2) is 11.5 Å². The summed E-state index contributed by atoms with van der Waals surface area (Å²) >= 11 is 13.0. The quantitative estimate of drug-likeness (QED) is 0.397. The first kappa shape index (κ1) is 19.9. The molecule has 3 heterocycles. The van der Waals surface area contributed by atoms with Crippen LogP contribution in [0.25, 0.3) is 0 Å². The Morgan fingerprint density at radius 3 is 2.66 bits per heavy atom. The Morgan fingerprint density at radius 2 is 1.90 bits per heavy atom. The number of aromatic nitrogens is 6. The number of nitrogens with one attached hydrogen (secondary N) is 1. The molecule has 4 rings (SSSR count). The number of rotatable bonds is 6. The molecule has 0 fully saturated rings. The van der Waals surface area contributed by atoms with Crippen LogP contribution in [0.1, 0.15) is 16.1 Å². The zero-order chi connectivity index (χ0) is 20.4. The second-order valence-corrected chi connectivity index (χ2v) is 8.33. The van der Waals surface area contributed by atoms with E-state index in [1.165, 1.54) is 0 Å². The van der Waals surface area contributed by atoms with Gasteiger partial charge in [-0.25, -0.2) is 4.68 Å². The third kappa shape index (κ3) is 4.77. The molecular weight excluding hydrogens is 526 g/mol. The second-order valence-electron chi connectivity index (χ2n) is 6.15. The molecule has 1 aromatic carbocycles.